The van der Waals surface area contributed by atoms with Gasteiger partial charge in [0, 0.05) is 16.8 Å². The van der Waals surface area contributed by atoms with E-state index in [4.69, 9.17) is 9.15 Å². The Labute approximate surface area is 158 Å². The van der Waals surface area contributed by atoms with E-state index in [2.05, 4.69) is 4.98 Å². The summed E-state index contributed by atoms with van der Waals surface area (Å²) in [7, 11) is 0. The standard InChI is InChI=1S/C20H26N2O5/c1-7-26-19(25)17-12(2)16(13(3)21-17)14(23)11-22(20(4,5)6)18(24)15-9-8-10-27-15/h8-10,21H,7,11H2,1-6H3. The van der Waals surface area contributed by atoms with Crippen LogP contribution in [-0.2, 0) is 4.74 Å². The van der Waals surface area contributed by atoms with E-state index in [1.807, 2.05) is 20.8 Å². The van der Waals surface area contributed by atoms with Crippen LogP contribution in [0.4, 0.5) is 0 Å². The zero-order chi connectivity index (χ0) is 20.4. The van der Waals surface area contributed by atoms with Gasteiger partial charge in [-0.3, -0.25) is 9.59 Å². The lowest BCUT2D eigenvalue weighted by Gasteiger charge is -2.34. The van der Waals surface area contributed by atoms with Gasteiger partial charge in [-0.05, 0) is 59.2 Å². The molecule has 0 unspecified atom stereocenters. The molecule has 0 aliphatic heterocycles. The largest absolute Gasteiger partial charge is 0.461 e. The molecule has 0 aliphatic carbocycles. The molecule has 146 valence electrons. The van der Waals surface area contributed by atoms with Crippen molar-refractivity contribution in [1.29, 1.82) is 0 Å². The number of hydrogen-bond acceptors (Lipinski definition) is 5. The van der Waals surface area contributed by atoms with E-state index < -0.39 is 11.5 Å². The monoisotopic (exact) mass is 374 g/mol. The number of ether oxygens (including phenoxy) is 1. The van der Waals surface area contributed by atoms with Gasteiger partial charge in [-0.2, -0.15) is 0 Å². The predicted octanol–water partition coefficient (Wildman–Crippen LogP) is 3.52. The van der Waals surface area contributed by atoms with Crippen LogP contribution in [0.5, 0.6) is 0 Å². The molecule has 2 rings (SSSR count). The van der Waals surface area contributed by atoms with Gasteiger partial charge in [0.05, 0.1) is 19.4 Å². The fourth-order valence-electron chi connectivity index (χ4n) is 2.95. The molecule has 0 bridgehead atoms. The third-order valence-electron chi connectivity index (χ3n) is 4.28. The molecule has 2 aromatic rings. The van der Waals surface area contributed by atoms with Crippen molar-refractivity contribution < 1.29 is 23.5 Å². The minimum atomic E-state index is -0.596. The van der Waals surface area contributed by atoms with Crippen LogP contribution in [0.1, 0.15) is 70.4 Å². The normalized spacial score (nSPS) is 11.3. The molecule has 0 aromatic carbocycles. The molecular weight excluding hydrogens is 348 g/mol. The zero-order valence-electron chi connectivity index (χ0n) is 16.6. The summed E-state index contributed by atoms with van der Waals surface area (Å²) in [5.74, 6) is -0.951. The summed E-state index contributed by atoms with van der Waals surface area (Å²) in [5.41, 5.74) is 1.16. The van der Waals surface area contributed by atoms with E-state index in [0.29, 0.717) is 16.8 Å². The van der Waals surface area contributed by atoms with Crippen molar-refractivity contribution in [2.75, 3.05) is 13.2 Å². The Bertz CT molecular complexity index is 841. The first-order chi connectivity index (χ1) is 12.6. The molecule has 2 aromatic heterocycles. The Morgan fingerprint density at radius 1 is 1.22 bits per heavy atom. The summed E-state index contributed by atoms with van der Waals surface area (Å²) in [4.78, 5) is 42.2. The van der Waals surface area contributed by atoms with Crippen LogP contribution in [0.15, 0.2) is 22.8 Å². The van der Waals surface area contributed by atoms with E-state index in [9.17, 15) is 14.4 Å². The van der Waals surface area contributed by atoms with Crippen LogP contribution >= 0.6 is 0 Å². The molecule has 0 spiro atoms. The second-order valence-electron chi connectivity index (χ2n) is 7.31. The van der Waals surface area contributed by atoms with Gasteiger partial charge < -0.3 is 19.0 Å². The Hall–Kier alpha value is -2.83. The van der Waals surface area contributed by atoms with Crippen LogP contribution < -0.4 is 0 Å². The van der Waals surface area contributed by atoms with Crippen molar-refractivity contribution in [1.82, 2.24) is 9.88 Å². The SMILES string of the molecule is CCOC(=O)c1[nH]c(C)c(C(=O)CN(C(=O)c2ccco2)C(C)(C)C)c1C. The fraction of sp³-hybridized carbons (Fsp3) is 0.450. The first-order valence-corrected chi connectivity index (χ1v) is 8.82. The number of carbonyl (C=O) groups is 3. The highest BCUT2D eigenvalue weighted by Crippen LogP contribution is 2.23. The molecule has 0 fully saturated rings. The van der Waals surface area contributed by atoms with Crippen LogP contribution in [0, 0.1) is 13.8 Å². The third-order valence-corrected chi connectivity index (χ3v) is 4.28. The van der Waals surface area contributed by atoms with Crippen molar-refractivity contribution in [2.45, 2.75) is 47.1 Å². The molecule has 7 heteroatoms. The van der Waals surface area contributed by atoms with Crippen LogP contribution in [0.2, 0.25) is 0 Å². The quantitative estimate of drug-likeness (QED) is 0.617. The number of aryl methyl sites for hydroxylation is 1. The molecule has 7 nitrogen and oxygen atoms in total. The average Bonchev–Trinajstić information content (AvgIpc) is 3.19. The van der Waals surface area contributed by atoms with Crippen molar-refractivity contribution in [3.63, 3.8) is 0 Å². The lowest BCUT2D eigenvalue weighted by Crippen LogP contribution is -2.48. The van der Waals surface area contributed by atoms with E-state index in [0.717, 1.165) is 0 Å². The molecule has 0 atom stereocenters. The fourth-order valence-corrected chi connectivity index (χ4v) is 2.95. The van der Waals surface area contributed by atoms with Crippen molar-refractivity contribution in [3.8, 4) is 0 Å². The second-order valence-corrected chi connectivity index (χ2v) is 7.31. The number of nitrogens with zero attached hydrogens (tertiary/aromatic N) is 1. The summed E-state index contributed by atoms with van der Waals surface area (Å²) in [5, 5.41) is 0. The van der Waals surface area contributed by atoms with Gasteiger partial charge in [-0.25, -0.2) is 4.79 Å². The maximum absolute atomic E-state index is 13.0. The van der Waals surface area contributed by atoms with Crippen LogP contribution in [-0.4, -0.2) is 46.2 Å². The minimum Gasteiger partial charge on any atom is -0.461 e. The maximum atomic E-state index is 13.0. The number of esters is 1. The summed E-state index contributed by atoms with van der Waals surface area (Å²) < 4.78 is 10.2. The van der Waals surface area contributed by atoms with Crippen molar-refractivity contribution in [2.24, 2.45) is 0 Å². The molecule has 0 saturated heterocycles. The molecule has 27 heavy (non-hydrogen) atoms. The van der Waals surface area contributed by atoms with Crippen molar-refractivity contribution >= 4 is 17.7 Å². The first kappa shape index (κ1) is 20.5. The van der Waals surface area contributed by atoms with E-state index in [1.165, 1.54) is 11.2 Å². The number of ketones is 1. The Kier molecular flexibility index (Phi) is 5.93. The number of amides is 1. The van der Waals surface area contributed by atoms with Gasteiger partial charge in [-0.15, -0.1) is 0 Å². The predicted molar refractivity (Wildman–Crippen MR) is 100 cm³/mol. The number of Topliss-reactive ketones (excluding diaryl/α,β-unsaturated/α-hetero) is 1. The average molecular weight is 374 g/mol. The van der Waals surface area contributed by atoms with Gasteiger partial charge in [0.25, 0.3) is 5.91 Å². The van der Waals surface area contributed by atoms with E-state index in [1.54, 1.807) is 32.9 Å². The van der Waals surface area contributed by atoms with E-state index in [-0.39, 0.29) is 36.3 Å². The highest BCUT2D eigenvalue weighted by Gasteiger charge is 2.32. The maximum Gasteiger partial charge on any atom is 0.355 e. The molecule has 1 N–H and O–H groups in total. The Balaban J connectivity index is 2.33. The third kappa shape index (κ3) is 4.30. The lowest BCUT2D eigenvalue weighted by molar-refractivity contribution is 0.0511. The smallest absolute Gasteiger partial charge is 0.355 e. The number of rotatable bonds is 6. The number of nitrogens with one attached hydrogen (secondary N) is 1. The van der Waals surface area contributed by atoms with Gasteiger partial charge >= 0.3 is 5.97 Å². The van der Waals surface area contributed by atoms with Gasteiger partial charge in [0.15, 0.2) is 11.5 Å². The molecule has 0 radical (unpaired) electrons. The Morgan fingerprint density at radius 2 is 1.89 bits per heavy atom. The first-order valence-electron chi connectivity index (χ1n) is 8.82. The number of furan rings is 1. The van der Waals surface area contributed by atoms with Gasteiger partial charge in [0.1, 0.15) is 5.69 Å². The summed E-state index contributed by atoms with van der Waals surface area (Å²) in [6.07, 6.45) is 1.42. The number of H-pyrrole nitrogens is 1. The highest BCUT2D eigenvalue weighted by molar-refractivity contribution is 6.05. The molecule has 1 amide bonds. The highest BCUT2D eigenvalue weighted by atomic mass is 16.5. The van der Waals surface area contributed by atoms with Crippen LogP contribution in [0.25, 0.3) is 0 Å². The second kappa shape index (κ2) is 7.82. The number of aromatic amines is 1. The number of hydrogen-bond donors (Lipinski definition) is 1. The number of aromatic nitrogens is 1. The van der Waals surface area contributed by atoms with E-state index >= 15 is 0 Å². The molecule has 0 saturated carbocycles. The summed E-state index contributed by atoms with van der Waals surface area (Å²) >= 11 is 0. The number of carbonyl (C=O) groups excluding carboxylic acids is 3. The minimum absolute atomic E-state index is 0.134. The van der Waals surface area contributed by atoms with Gasteiger partial charge in [0.2, 0.25) is 0 Å². The van der Waals surface area contributed by atoms with Crippen molar-refractivity contribution in [3.05, 3.63) is 46.7 Å². The lowest BCUT2D eigenvalue weighted by atomic mass is 10.0. The Morgan fingerprint density at radius 3 is 2.41 bits per heavy atom. The zero-order valence-corrected chi connectivity index (χ0v) is 16.6. The van der Waals surface area contributed by atoms with Gasteiger partial charge in [-0.1, -0.05) is 0 Å². The molecule has 0 aliphatic rings. The summed E-state index contributed by atoms with van der Waals surface area (Å²) in [6.45, 7) is 10.8. The van der Waals surface area contributed by atoms with Crippen LogP contribution in [0.3, 0.4) is 0 Å². The molecule has 2 heterocycles. The summed E-state index contributed by atoms with van der Waals surface area (Å²) in [6, 6.07) is 3.19. The topological polar surface area (TPSA) is 92.6 Å². The molecular formula is C20H26N2O5.